The van der Waals surface area contributed by atoms with E-state index in [9.17, 15) is 4.79 Å². The molecule has 4 rings (SSSR count). The van der Waals surface area contributed by atoms with Gasteiger partial charge in [-0.2, -0.15) is 0 Å². The third-order valence-electron chi connectivity index (χ3n) is 4.71. The van der Waals surface area contributed by atoms with Crippen LogP contribution in [0.3, 0.4) is 0 Å². The zero-order valence-electron chi connectivity index (χ0n) is 14.0. The van der Waals surface area contributed by atoms with Crippen LogP contribution in [0.2, 0.25) is 0 Å². The number of carbonyl (C=O) groups is 1. The fourth-order valence-corrected chi connectivity index (χ4v) is 3.40. The molecule has 0 spiro atoms. The molecule has 0 radical (unpaired) electrons. The van der Waals surface area contributed by atoms with Crippen LogP contribution in [0.5, 0.6) is 0 Å². The van der Waals surface area contributed by atoms with Crippen LogP contribution in [-0.2, 0) is 4.79 Å². The van der Waals surface area contributed by atoms with E-state index in [4.69, 9.17) is 0 Å². The number of fused-ring (bicyclic) bond motifs is 1. The SMILES string of the molecule is O=C(CN1CCC(n2nnc3ccccc32)CC1)Nc1ccccc1. The van der Waals surface area contributed by atoms with Crippen LogP contribution in [-0.4, -0.2) is 45.4 Å². The van der Waals surface area contributed by atoms with Crippen molar-refractivity contribution in [3.05, 3.63) is 54.6 Å². The number of aromatic nitrogens is 3. The highest BCUT2D eigenvalue weighted by atomic mass is 16.2. The fourth-order valence-electron chi connectivity index (χ4n) is 3.40. The molecule has 1 fully saturated rings. The summed E-state index contributed by atoms with van der Waals surface area (Å²) in [6, 6.07) is 18.0. The lowest BCUT2D eigenvalue weighted by Gasteiger charge is -2.31. The van der Waals surface area contributed by atoms with E-state index in [0.29, 0.717) is 12.6 Å². The maximum Gasteiger partial charge on any atom is 0.238 e. The predicted octanol–water partition coefficient (Wildman–Crippen LogP) is 2.71. The molecule has 1 N–H and O–H groups in total. The van der Waals surface area contributed by atoms with Gasteiger partial charge in [-0.1, -0.05) is 35.5 Å². The van der Waals surface area contributed by atoms with Crippen molar-refractivity contribution in [2.24, 2.45) is 0 Å². The van der Waals surface area contributed by atoms with Gasteiger partial charge >= 0.3 is 0 Å². The Morgan fingerprint density at radius 3 is 2.56 bits per heavy atom. The lowest BCUT2D eigenvalue weighted by molar-refractivity contribution is -0.117. The Morgan fingerprint density at radius 2 is 1.76 bits per heavy atom. The first-order valence-electron chi connectivity index (χ1n) is 8.67. The van der Waals surface area contributed by atoms with Crippen molar-refractivity contribution in [1.29, 1.82) is 0 Å². The standard InChI is InChI=1S/C19H21N5O/c25-19(20-15-6-2-1-3-7-15)14-23-12-10-16(11-13-23)24-18-9-5-4-8-17(18)21-22-24/h1-9,16H,10-14H2,(H,20,25). The first-order chi connectivity index (χ1) is 12.3. The van der Waals surface area contributed by atoms with Gasteiger partial charge in [-0.05, 0) is 37.1 Å². The average Bonchev–Trinajstić information content (AvgIpc) is 3.07. The quantitative estimate of drug-likeness (QED) is 0.796. The summed E-state index contributed by atoms with van der Waals surface area (Å²) in [4.78, 5) is 14.4. The molecule has 0 atom stereocenters. The van der Waals surface area contributed by atoms with Gasteiger partial charge in [0, 0.05) is 18.8 Å². The number of anilines is 1. The summed E-state index contributed by atoms with van der Waals surface area (Å²) in [5, 5.41) is 11.5. The second kappa shape index (κ2) is 7.03. The Labute approximate surface area is 146 Å². The van der Waals surface area contributed by atoms with Gasteiger partial charge < -0.3 is 5.32 Å². The van der Waals surface area contributed by atoms with Gasteiger partial charge in [0.1, 0.15) is 5.52 Å². The monoisotopic (exact) mass is 335 g/mol. The number of piperidine rings is 1. The van der Waals surface area contributed by atoms with Gasteiger partial charge in [-0.15, -0.1) is 5.10 Å². The highest BCUT2D eigenvalue weighted by molar-refractivity contribution is 5.92. The summed E-state index contributed by atoms with van der Waals surface area (Å²) in [6.45, 7) is 2.21. The van der Waals surface area contributed by atoms with Crippen molar-refractivity contribution < 1.29 is 4.79 Å². The van der Waals surface area contributed by atoms with Crippen LogP contribution in [0.1, 0.15) is 18.9 Å². The zero-order chi connectivity index (χ0) is 17.1. The number of carbonyl (C=O) groups excluding carboxylic acids is 1. The second-order valence-corrected chi connectivity index (χ2v) is 6.44. The largest absolute Gasteiger partial charge is 0.325 e. The Morgan fingerprint density at radius 1 is 1.04 bits per heavy atom. The maximum atomic E-state index is 12.2. The van der Waals surface area contributed by atoms with Crippen LogP contribution in [0.4, 0.5) is 5.69 Å². The van der Waals surface area contributed by atoms with E-state index in [1.807, 2.05) is 53.2 Å². The molecule has 0 saturated carbocycles. The third-order valence-corrected chi connectivity index (χ3v) is 4.71. The molecule has 0 aliphatic carbocycles. The normalized spacial score (nSPS) is 16.2. The Balaban J connectivity index is 1.33. The van der Waals surface area contributed by atoms with Crippen molar-refractivity contribution >= 4 is 22.6 Å². The van der Waals surface area contributed by atoms with Gasteiger partial charge in [-0.3, -0.25) is 9.69 Å². The number of para-hydroxylation sites is 2. The number of nitrogens with zero attached hydrogens (tertiary/aromatic N) is 4. The van der Waals surface area contributed by atoms with Crippen LogP contribution >= 0.6 is 0 Å². The molecule has 6 heteroatoms. The smallest absolute Gasteiger partial charge is 0.238 e. The molecular weight excluding hydrogens is 314 g/mol. The average molecular weight is 335 g/mol. The molecule has 128 valence electrons. The van der Waals surface area contributed by atoms with Crippen LogP contribution in [0.15, 0.2) is 54.6 Å². The fraction of sp³-hybridized carbons (Fsp3) is 0.316. The molecule has 2 heterocycles. The highest BCUT2D eigenvalue weighted by Gasteiger charge is 2.23. The van der Waals surface area contributed by atoms with Crippen molar-refractivity contribution in [3.63, 3.8) is 0 Å². The molecular formula is C19H21N5O. The van der Waals surface area contributed by atoms with Crippen molar-refractivity contribution in [1.82, 2.24) is 19.9 Å². The summed E-state index contributed by atoms with van der Waals surface area (Å²) >= 11 is 0. The van der Waals surface area contributed by atoms with Crippen LogP contribution in [0, 0.1) is 0 Å². The topological polar surface area (TPSA) is 63.1 Å². The van der Waals surface area contributed by atoms with Gasteiger partial charge in [0.25, 0.3) is 0 Å². The molecule has 2 aromatic carbocycles. The molecule has 1 amide bonds. The number of rotatable bonds is 4. The molecule has 0 unspecified atom stereocenters. The molecule has 25 heavy (non-hydrogen) atoms. The maximum absolute atomic E-state index is 12.2. The summed E-state index contributed by atoms with van der Waals surface area (Å²) in [5.74, 6) is 0.0378. The first kappa shape index (κ1) is 15.8. The Bertz CT molecular complexity index is 852. The van der Waals surface area contributed by atoms with Crippen molar-refractivity contribution in [2.45, 2.75) is 18.9 Å². The summed E-state index contributed by atoms with van der Waals surface area (Å²) in [6.07, 6.45) is 1.96. The highest BCUT2D eigenvalue weighted by Crippen LogP contribution is 2.25. The van der Waals surface area contributed by atoms with Crippen molar-refractivity contribution in [3.8, 4) is 0 Å². The van der Waals surface area contributed by atoms with E-state index >= 15 is 0 Å². The van der Waals surface area contributed by atoms with E-state index in [-0.39, 0.29) is 5.91 Å². The van der Waals surface area contributed by atoms with Gasteiger partial charge in [0.2, 0.25) is 5.91 Å². The van der Waals surface area contributed by atoms with E-state index in [0.717, 1.165) is 42.7 Å². The number of hydrogen-bond donors (Lipinski definition) is 1. The number of nitrogens with one attached hydrogen (secondary N) is 1. The van der Waals surface area contributed by atoms with Crippen LogP contribution in [0.25, 0.3) is 11.0 Å². The number of likely N-dealkylation sites (tertiary alicyclic amines) is 1. The zero-order valence-corrected chi connectivity index (χ0v) is 14.0. The van der Waals surface area contributed by atoms with E-state index in [2.05, 4.69) is 26.6 Å². The Hall–Kier alpha value is -2.73. The molecule has 6 nitrogen and oxygen atoms in total. The number of hydrogen-bond acceptors (Lipinski definition) is 4. The molecule has 1 aromatic heterocycles. The minimum Gasteiger partial charge on any atom is -0.325 e. The Kier molecular flexibility index (Phi) is 4.43. The minimum absolute atomic E-state index is 0.0378. The number of benzene rings is 2. The van der Waals surface area contributed by atoms with Gasteiger partial charge in [0.05, 0.1) is 18.1 Å². The molecule has 0 bridgehead atoms. The lowest BCUT2D eigenvalue weighted by atomic mass is 10.0. The summed E-state index contributed by atoms with van der Waals surface area (Å²) in [5.41, 5.74) is 2.87. The molecule has 1 aliphatic rings. The molecule has 3 aromatic rings. The predicted molar refractivity (Wildman–Crippen MR) is 97.3 cm³/mol. The van der Waals surface area contributed by atoms with E-state index < -0.39 is 0 Å². The van der Waals surface area contributed by atoms with E-state index in [1.165, 1.54) is 0 Å². The van der Waals surface area contributed by atoms with Crippen molar-refractivity contribution in [2.75, 3.05) is 25.0 Å². The second-order valence-electron chi connectivity index (χ2n) is 6.44. The van der Waals surface area contributed by atoms with Crippen LogP contribution < -0.4 is 5.32 Å². The molecule has 1 aliphatic heterocycles. The third kappa shape index (κ3) is 3.53. The lowest BCUT2D eigenvalue weighted by Crippen LogP contribution is -2.39. The molecule has 1 saturated heterocycles. The summed E-state index contributed by atoms with van der Waals surface area (Å²) in [7, 11) is 0. The van der Waals surface area contributed by atoms with E-state index in [1.54, 1.807) is 0 Å². The number of amides is 1. The van der Waals surface area contributed by atoms with Gasteiger partial charge in [0.15, 0.2) is 0 Å². The first-order valence-corrected chi connectivity index (χ1v) is 8.67. The minimum atomic E-state index is 0.0378. The van der Waals surface area contributed by atoms with Gasteiger partial charge in [-0.25, -0.2) is 4.68 Å². The summed E-state index contributed by atoms with van der Waals surface area (Å²) < 4.78 is 2.04.